The summed E-state index contributed by atoms with van der Waals surface area (Å²) in [4.78, 5) is 0. The molecule has 2 aromatic rings. The number of nitrogens with zero attached hydrogens (tertiary/aromatic N) is 2. The van der Waals surface area contributed by atoms with Crippen molar-refractivity contribution in [3.63, 3.8) is 0 Å². The van der Waals surface area contributed by atoms with Gasteiger partial charge in [-0.05, 0) is 43.7 Å². The van der Waals surface area contributed by atoms with E-state index < -0.39 is 5.60 Å². The molecule has 3 unspecified atom stereocenters. The molecule has 1 aromatic carbocycles. The van der Waals surface area contributed by atoms with Crippen molar-refractivity contribution in [2.45, 2.75) is 44.0 Å². The highest BCUT2D eigenvalue weighted by Gasteiger charge is 2.39. The van der Waals surface area contributed by atoms with Gasteiger partial charge in [-0.1, -0.05) is 23.7 Å². The molecule has 1 fully saturated rings. The summed E-state index contributed by atoms with van der Waals surface area (Å²) in [6.07, 6.45) is 7.38. The first-order valence-corrected chi connectivity index (χ1v) is 10.0. The van der Waals surface area contributed by atoms with E-state index in [2.05, 4.69) is 29.8 Å². The molecule has 4 nitrogen and oxygen atoms in total. The first-order chi connectivity index (χ1) is 11.5. The molecular weight excluding hydrogens is 342 g/mol. The zero-order chi connectivity index (χ0) is 17.2. The number of rotatable bonds is 5. The van der Waals surface area contributed by atoms with Gasteiger partial charge >= 0.3 is 0 Å². The van der Waals surface area contributed by atoms with Crippen LogP contribution in [0.15, 0.2) is 36.7 Å². The average Bonchev–Trinajstić information content (AvgIpc) is 3.01. The molecule has 1 aromatic heterocycles. The number of hydrogen-bond acceptors (Lipinski definition) is 4. The molecule has 0 radical (unpaired) electrons. The highest BCUT2D eigenvalue weighted by Crippen LogP contribution is 2.40. The van der Waals surface area contributed by atoms with Crippen molar-refractivity contribution in [2.75, 3.05) is 12.0 Å². The molecule has 2 heterocycles. The van der Waals surface area contributed by atoms with E-state index in [-0.39, 0.29) is 12.1 Å². The summed E-state index contributed by atoms with van der Waals surface area (Å²) < 4.78 is 1.98. The molecule has 3 atom stereocenters. The highest BCUT2D eigenvalue weighted by atomic mass is 35.5. The SMILES string of the molecule is CSCCn1cc(C2CC(O)(c3cccc(Cl)c3)CC(C)N2)cn1. The molecule has 0 saturated carbocycles. The Hall–Kier alpha value is -1.01. The van der Waals surface area contributed by atoms with Crippen molar-refractivity contribution in [2.24, 2.45) is 0 Å². The number of piperidine rings is 1. The Bertz CT molecular complexity index is 692. The first kappa shape index (κ1) is 17.8. The predicted octanol–water partition coefficient (Wildman–Crippen LogP) is 3.60. The van der Waals surface area contributed by atoms with Crippen LogP contribution in [-0.4, -0.2) is 32.9 Å². The lowest BCUT2D eigenvalue weighted by Crippen LogP contribution is -2.46. The Balaban J connectivity index is 1.81. The minimum atomic E-state index is -0.873. The van der Waals surface area contributed by atoms with Gasteiger partial charge in [0.1, 0.15) is 0 Å². The summed E-state index contributed by atoms with van der Waals surface area (Å²) in [7, 11) is 0. The van der Waals surface area contributed by atoms with E-state index in [9.17, 15) is 5.11 Å². The second-order valence-electron chi connectivity index (χ2n) is 6.60. The van der Waals surface area contributed by atoms with E-state index in [1.54, 1.807) is 0 Å². The fraction of sp³-hybridized carbons (Fsp3) is 0.500. The van der Waals surface area contributed by atoms with Gasteiger partial charge in [0.25, 0.3) is 0 Å². The Kier molecular flexibility index (Phi) is 5.55. The average molecular weight is 366 g/mol. The van der Waals surface area contributed by atoms with Crippen molar-refractivity contribution >= 4 is 23.4 Å². The van der Waals surface area contributed by atoms with E-state index in [1.165, 1.54) is 0 Å². The van der Waals surface area contributed by atoms with Crippen molar-refractivity contribution in [1.82, 2.24) is 15.1 Å². The maximum Gasteiger partial charge on any atom is 0.0929 e. The molecule has 0 spiro atoms. The van der Waals surface area contributed by atoms with Crippen LogP contribution in [0.3, 0.4) is 0 Å². The number of nitrogens with one attached hydrogen (secondary N) is 1. The topological polar surface area (TPSA) is 50.1 Å². The quantitative estimate of drug-likeness (QED) is 0.850. The molecule has 24 heavy (non-hydrogen) atoms. The highest BCUT2D eigenvalue weighted by molar-refractivity contribution is 7.98. The van der Waals surface area contributed by atoms with Crippen LogP contribution in [0.25, 0.3) is 0 Å². The summed E-state index contributed by atoms with van der Waals surface area (Å²) in [6, 6.07) is 7.87. The lowest BCUT2D eigenvalue weighted by molar-refractivity contribution is -0.0229. The smallest absolute Gasteiger partial charge is 0.0929 e. The van der Waals surface area contributed by atoms with Crippen LogP contribution in [0.1, 0.15) is 36.9 Å². The zero-order valence-corrected chi connectivity index (χ0v) is 15.6. The van der Waals surface area contributed by atoms with Crippen molar-refractivity contribution in [3.8, 4) is 0 Å². The molecule has 6 heteroatoms. The van der Waals surface area contributed by atoms with Gasteiger partial charge in [-0.15, -0.1) is 0 Å². The second-order valence-corrected chi connectivity index (χ2v) is 8.02. The molecule has 1 saturated heterocycles. The fourth-order valence-electron chi connectivity index (χ4n) is 3.48. The van der Waals surface area contributed by atoms with Crippen LogP contribution in [0, 0.1) is 0 Å². The molecule has 3 rings (SSSR count). The molecular formula is C18H24ClN3OS. The molecule has 2 N–H and O–H groups in total. The minimum absolute atomic E-state index is 0.0840. The van der Waals surface area contributed by atoms with Gasteiger partial charge in [-0.2, -0.15) is 16.9 Å². The molecule has 130 valence electrons. The Morgan fingerprint density at radius 2 is 2.29 bits per heavy atom. The fourth-order valence-corrected chi connectivity index (χ4v) is 4.04. The van der Waals surface area contributed by atoms with Gasteiger partial charge < -0.3 is 10.4 Å². The van der Waals surface area contributed by atoms with E-state index >= 15 is 0 Å². The largest absolute Gasteiger partial charge is 0.385 e. The summed E-state index contributed by atoms with van der Waals surface area (Å²) in [6.45, 7) is 3.02. The van der Waals surface area contributed by atoms with Crippen molar-refractivity contribution in [1.29, 1.82) is 0 Å². The lowest BCUT2D eigenvalue weighted by Gasteiger charge is -2.41. The van der Waals surface area contributed by atoms with Crippen LogP contribution < -0.4 is 5.32 Å². The number of aryl methyl sites for hydroxylation is 1. The summed E-state index contributed by atoms with van der Waals surface area (Å²) in [5, 5.41) is 20.0. The standard InChI is InChI=1S/C18H24ClN3OS/c1-13-9-18(23,15-4-3-5-16(19)8-15)10-17(21-13)14-11-20-22(12-14)6-7-24-2/h3-5,8,11-13,17,21,23H,6-7,9-10H2,1-2H3. The minimum Gasteiger partial charge on any atom is -0.385 e. The third kappa shape index (κ3) is 3.97. The number of aliphatic hydroxyl groups is 1. The molecule has 1 aliphatic heterocycles. The van der Waals surface area contributed by atoms with E-state index in [4.69, 9.17) is 11.6 Å². The Morgan fingerprint density at radius 3 is 3.04 bits per heavy atom. The van der Waals surface area contributed by atoms with E-state index in [1.807, 2.05) is 46.9 Å². The van der Waals surface area contributed by atoms with Crippen LogP contribution in [-0.2, 0) is 12.1 Å². The summed E-state index contributed by atoms with van der Waals surface area (Å²) in [5.41, 5.74) is 1.15. The number of benzene rings is 1. The second kappa shape index (κ2) is 7.48. The molecule has 0 amide bonds. The monoisotopic (exact) mass is 365 g/mol. The Labute approximate surface area is 152 Å². The van der Waals surface area contributed by atoms with Gasteiger partial charge in [-0.3, -0.25) is 4.68 Å². The first-order valence-electron chi connectivity index (χ1n) is 8.26. The van der Waals surface area contributed by atoms with Crippen LogP contribution in [0.4, 0.5) is 0 Å². The van der Waals surface area contributed by atoms with E-state index in [0.717, 1.165) is 23.4 Å². The van der Waals surface area contributed by atoms with E-state index in [0.29, 0.717) is 17.9 Å². The summed E-state index contributed by atoms with van der Waals surface area (Å²) in [5.74, 6) is 1.04. The normalized spacial score (nSPS) is 27.3. The lowest BCUT2D eigenvalue weighted by atomic mass is 9.78. The number of aromatic nitrogens is 2. The van der Waals surface area contributed by atoms with Crippen LogP contribution in [0.2, 0.25) is 5.02 Å². The van der Waals surface area contributed by atoms with Gasteiger partial charge in [-0.25, -0.2) is 0 Å². The van der Waals surface area contributed by atoms with Crippen LogP contribution in [0.5, 0.6) is 0 Å². The van der Waals surface area contributed by atoms with Gasteiger partial charge in [0.2, 0.25) is 0 Å². The number of halogens is 1. The molecule has 0 bridgehead atoms. The maximum absolute atomic E-state index is 11.3. The maximum atomic E-state index is 11.3. The zero-order valence-electron chi connectivity index (χ0n) is 14.1. The van der Waals surface area contributed by atoms with Gasteiger partial charge in [0, 0.05) is 41.2 Å². The number of thioether (sulfide) groups is 1. The number of hydrogen-bond donors (Lipinski definition) is 2. The predicted molar refractivity (Wildman–Crippen MR) is 101 cm³/mol. The van der Waals surface area contributed by atoms with Crippen LogP contribution >= 0.6 is 23.4 Å². The van der Waals surface area contributed by atoms with Gasteiger partial charge in [0.05, 0.1) is 11.8 Å². The molecule has 1 aliphatic rings. The Morgan fingerprint density at radius 1 is 1.46 bits per heavy atom. The van der Waals surface area contributed by atoms with Crippen molar-refractivity contribution in [3.05, 3.63) is 52.8 Å². The van der Waals surface area contributed by atoms with Gasteiger partial charge in [0.15, 0.2) is 0 Å². The third-order valence-corrected chi connectivity index (χ3v) is 5.44. The summed E-state index contributed by atoms with van der Waals surface area (Å²) >= 11 is 7.94. The third-order valence-electron chi connectivity index (χ3n) is 4.61. The van der Waals surface area contributed by atoms with Crippen molar-refractivity contribution < 1.29 is 5.11 Å². The molecule has 0 aliphatic carbocycles.